The molecule has 0 aliphatic carbocycles. The first-order valence-electron chi connectivity index (χ1n) is 6.33. The summed E-state index contributed by atoms with van der Waals surface area (Å²) in [6.07, 6.45) is 0.212. The quantitative estimate of drug-likeness (QED) is 0.622. The molecule has 0 saturated carbocycles. The van der Waals surface area contributed by atoms with Gasteiger partial charge in [-0.2, -0.15) is 0 Å². The number of rotatable bonds is 5. The summed E-state index contributed by atoms with van der Waals surface area (Å²) >= 11 is 0. The van der Waals surface area contributed by atoms with E-state index in [0.717, 1.165) is 0 Å². The van der Waals surface area contributed by atoms with Crippen molar-refractivity contribution in [3.63, 3.8) is 0 Å². The second kappa shape index (κ2) is 6.70. The lowest BCUT2D eigenvalue weighted by Gasteiger charge is -2.10. The first-order valence-corrected chi connectivity index (χ1v) is 6.33. The van der Waals surface area contributed by atoms with Gasteiger partial charge in [-0.15, -0.1) is 0 Å². The fourth-order valence-electron chi connectivity index (χ4n) is 2.02. The van der Waals surface area contributed by atoms with Crippen molar-refractivity contribution < 1.29 is 18.7 Å². The highest BCUT2D eigenvalue weighted by atomic mass is 19.1. The summed E-state index contributed by atoms with van der Waals surface area (Å²) in [5.74, 6) is 0.518. The van der Waals surface area contributed by atoms with Crippen LogP contribution in [-0.4, -0.2) is 20.5 Å². The molecule has 0 atom stereocenters. The van der Waals surface area contributed by atoms with E-state index in [1.165, 1.54) is 0 Å². The van der Waals surface area contributed by atoms with E-state index in [2.05, 4.69) is 0 Å². The monoisotopic (exact) mass is 286 g/mol. The molecular formula is C17H15FO3. The third-order valence-corrected chi connectivity index (χ3v) is 3.10. The molecule has 0 spiro atoms. The summed E-state index contributed by atoms with van der Waals surface area (Å²) in [5, 5.41) is 0. The van der Waals surface area contributed by atoms with E-state index in [-0.39, 0.29) is 11.9 Å². The number of hydrogen-bond acceptors (Lipinski definition) is 3. The van der Waals surface area contributed by atoms with E-state index >= 15 is 0 Å². The molecule has 0 aliphatic rings. The van der Waals surface area contributed by atoms with Crippen molar-refractivity contribution >= 4 is 11.9 Å². The average Bonchev–Trinajstić information content (AvgIpc) is 2.56. The van der Waals surface area contributed by atoms with Gasteiger partial charge in [-0.1, -0.05) is 24.3 Å². The number of hydrogen-bond donors (Lipinski definition) is 0. The summed E-state index contributed by atoms with van der Waals surface area (Å²) in [6, 6.07) is 13.7. The first kappa shape index (κ1) is 14.8. The average molecular weight is 286 g/mol. The summed E-state index contributed by atoms with van der Waals surface area (Å²) in [4.78, 5) is 10.9. The Morgan fingerprint density at radius 2 is 1.24 bits per heavy atom. The molecule has 4 heteroatoms. The van der Waals surface area contributed by atoms with Crippen molar-refractivity contribution in [1.29, 1.82) is 0 Å². The number of benzene rings is 2. The van der Waals surface area contributed by atoms with Crippen LogP contribution in [0, 0.1) is 0 Å². The number of carbonyl (C=O) groups is 1. The summed E-state index contributed by atoms with van der Waals surface area (Å²) in [5.41, 5.74) is 1.45. The Balaban J connectivity index is 2.49. The van der Waals surface area contributed by atoms with E-state index in [4.69, 9.17) is 9.47 Å². The van der Waals surface area contributed by atoms with Crippen LogP contribution < -0.4 is 9.47 Å². The molecule has 2 aromatic rings. The van der Waals surface area contributed by atoms with Crippen LogP contribution in [-0.2, 0) is 4.79 Å². The van der Waals surface area contributed by atoms with Crippen molar-refractivity contribution in [2.75, 3.05) is 14.2 Å². The molecule has 0 aromatic heterocycles. The van der Waals surface area contributed by atoms with Crippen LogP contribution in [0.5, 0.6) is 11.5 Å². The van der Waals surface area contributed by atoms with E-state index in [9.17, 15) is 9.18 Å². The zero-order valence-electron chi connectivity index (χ0n) is 11.8. The minimum atomic E-state index is -0.815. The molecule has 0 radical (unpaired) electrons. The predicted molar refractivity (Wildman–Crippen MR) is 79.2 cm³/mol. The van der Waals surface area contributed by atoms with Gasteiger partial charge < -0.3 is 9.47 Å². The maximum absolute atomic E-state index is 14.0. The lowest BCUT2D eigenvalue weighted by molar-refractivity contribution is -0.106. The van der Waals surface area contributed by atoms with Gasteiger partial charge in [0.1, 0.15) is 11.5 Å². The highest BCUT2D eigenvalue weighted by Crippen LogP contribution is 2.29. The van der Waals surface area contributed by atoms with Crippen molar-refractivity contribution in [3.05, 3.63) is 65.5 Å². The molecule has 0 fully saturated rings. The SMILES string of the molecule is COc1ccc(C(=C(F)C=O)c2ccc(OC)cc2)cc1. The Morgan fingerprint density at radius 3 is 1.52 bits per heavy atom. The number of carbonyl (C=O) groups excluding carboxylic acids is 1. The maximum atomic E-state index is 14.0. The van der Waals surface area contributed by atoms with Crippen molar-refractivity contribution in [2.24, 2.45) is 0 Å². The predicted octanol–water partition coefficient (Wildman–Crippen LogP) is 3.63. The normalized spacial score (nSPS) is 9.86. The van der Waals surface area contributed by atoms with Crippen molar-refractivity contribution in [2.45, 2.75) is 0 Å². The van der Waals surface area contributed by atoms with Crippen LogP contribution in [0.25, 0.3) is 5.57 Å². The summed E-state index contributed by atoms with van der Waals surface area (Å²) < 4.78 is 24.1. The van der Waals surface area contributed by atoms with Crippen molar-refractivity contribution in [1.82, 2.24) is 0 Å². The van der Waals surface area contributed by atoms with Crippen molar-refractivity contribution in [3.8, 4) is 11.5 Å². The minimum absolute atomic E-state index is 0.212. The maximum Gasteiger partial charge on any atom is 0.179 e. The number of methoxy groups -OCH3 is 2. The number of ether oxygens (including phenoxy) is 2. The van der Waals surface area contributed by atoms with Gasteiger partial charge in [-0.3, -0.25) is 4.79 Å². The van der Waals surface area contributed by atoms with E-state index < -0.39 is 5.83 Å². The van der Waals surface area contributed by atoms with Gasteiger partial charge in [0.25, 0.3) is 0 Å². The third-order valence-electron chi connectivity index (χ3n) is 3.10. The van der Waals surface area contributed by atoms with Gasteiger partial charge >= 0.3 is 0 Å². The molecule has 108 valence electrons. The second-order valence-electron chi connectivity index (χ2n) is 4.30. The molecule has 0 unspecified atom stereocenters. The molecule has 21 heavy (non-hydrogen) atoms. The number of aldehydes is 1. The first-order chi connectivity index (χ1) is 10.2. The van der Waals surface area contributed by atoms with Crippen LogP contribution in [0.3, 0.4) is 0 Å². The fourth-order valence-corrected chi connectivity index (χ4v) is 2.02. The van der Waals surface area contributed by atoms with Gasteiger partial charge in [-0.05, 0) is 35.4 Å². The minimum Gasteiger partial charge on any atom is -0.497 e. The molecule has 0 bridgehead atoms. The Bertz CT molecular complexity index is 593. The standard InChI is InChI=1S/C17H15FO3/c1-20-14-7-3-12(4-8-14)17(16(18)11-19)13-5-9-15(21-2)10-6-13/h3-11H,1-2H3. The Labute approximate surface area is 122 Å². The van der Waals surface area contributed by atoms with Crippen LogP contribution in [0.1, 0.15) is 11.1 Å². The zero-order valence-corrected chi connectivity index (χ0v) is 11.8. The summed E-state index contributed by atoms with van der Waals surface area (Å²) in [6.45, 7) is 0. The van der Waals surface area contributed by atoms with Crippen LogP contribution in [0.4, 0.5) is 4.39 Å². The van der Waals surface area contributed by atoms with Crippen LogP contribution in [0.2, 0.25) is 0 Å². The van der Waals surface area contributed by atoms with E-state index in [1.807, 2.05) is 0 Å². The lowest BCUT2D eigenvalue weighted by atomic mass is 9.97. The third kappa shape index (κ3) is 3.28. The second-order valence-corrected chi connectivity index (χ2v) is 4.30. The van der Waals surface area contributed by atoms with Gasteiger partial charge in [0.05, 0.1) is 14.2 Å². The van der Waals surface area contributed by atoms with E-state index in [1.54, 1.807) is 62.8 Å². The van der Waals surface area contributed by atoms with Gasteiger partial charge in [-0.25, -0.2) is 4.39 Å². The van der Waals surface area contributed by atoms with Gasteiger partial charge in [0, 0.05) is 5.57 Å². The Kier molecular flexibility index (Phi) is 4.72. The molecule has 0 saturated heterocycles. The van der Waals surface area contributed by atoms with Crippen LogP contribution >= 0.6 is 0 Å². The Hall–Kier alpha value is -2.62. The molecule has 2 rings (SSSR count). The zero-order chi connectivity index (χ0) is 15.2. The van der Waals surface area contributed by atoms with Gasteiger partial charge in [0.15, 0.2) is 12.1 Å². The number of halogens is 1. The van der Waals surface area contributed by atoms with E-state index in [0.29, 0.717) is 22.6 Å². The Morgan fingerprint density at radius 1 is 0.857 bits per heavy atom. The highest BCUT2D eigenvalue weighted by molar-refractivity contribution is 5.92. The lowest BCUT2D eigenvalue weighted by Crippen LogP contribution is -1.94. The van der Waals surface area contributed by atoms with Gasteiger partial charge in [0.2, 0.25) is 0 Å². The summed E-state index contributed by atoms with van der Waals surface area (Å²) in [7, 11) is 3.11. The topological polar surface area (TPSA) is 35.5 Å². The largest absolute Gasteiger partial charge is 0.497 e. The smallest absolute Gasteiger partial charge is 0.179 e. The number of allylic oxidation sites excluding steroid dienone is 1. The molecule has 0 amide bonds. The molecular weight excluding hydrogens is 271 g/mol. The fraction of sp³-hybridized carbons (Fsp3) is 0.118. The highest BCUT2D eigenvalue weighted by Gasteiger charge is 2.12. The molecule has 0 heterocycles. The molecule has 3 nitrogen and oxygen atoms in total. The van der Waals surface area contributed by atoms with Crippen LogP contribution in [0.15, 0.2) is 54.4 Å². The molecule has 0 N–H and O–H groups in total. The molecule has 0 aliphatic heterocycles. The molecule has 2 aromatic carbocycles.